The zero-order valence-electron chi connectivity index (χ0n) is 29.5. The number of nitrogens with zero attached hydrogens (tertiary/aromatic N) is 2. The summed E-state index contributed by atoms with van der Waals surface area (Å²) in [6, 6.07) is 5.27. The molecule has 4 bridgehead atoms. The molecule has 0 saturated carbocycles. The molecule has 8 atom stereocenters. The minimum atomic E-state index is -4.81. The third-order valence-electron chi connectivity index (χ3n) is 10.7. The first-order chi connectivity index (χ1) is 25.7. The van der Waals surface area contributed by atoms with Crippen molar-refractivity contribution in [1.29, 1.82) is 0 Å². The average molecular weight is 793 g/mol. The van der Waals surface area contributed by atoms with Gasteiger partial charge in [-0.05, 0) is 52.0 Å². The topological polar surface area (TPSA) is 194 Å². The van der Waals surface area contributed by atoms with E-state index in [1.807, 2.05) is 0 Å². The molecule has 2 aromatic rings. The number of Topliss-reactive ketones (excluding diaryl/α,β-unsaturated/α-hetero) is 2. The minimum absolute atomic E-state index is 0.165. The molecule has 4 saturated heterocycles. The second-order valence-corrected chi connectivity index (χ2v) is 14.5. The van der Waals surface area contributed by atoms with Crippen molar-refractivity contribution in [2.24, 2.45) is 23.7 Å². The molecule has 56 heavy (non-hydrogen) atoms. The molecule has 4 heterocycles. The molecular weight excluding hydrogens is 762 g/mol. The Bertz CT molecular complexity index is 2180. The summed E-state index contributed by atoms with van der Waals surface area (Å²) >= 11 is 0. The van der Waals surface area contributed by atoms with E-state index in [0.717, 1.165) is 24.3 Å². The van der Waals surface area contributed by atoms with Gasteiger partial charge >= 0.3 is 24.3 Å². The van der Waals surface area contributed by atoms with Gasteiger partial charge in [-0.3, -0.25) is 28.8 Å². The van der Waals surface area contributed by atoms with Crippen molar-refractivity contribution >= 4 is 58.1 Å². The number of aliphatic carboxylic acids is 2. The molecule has 20 heteroatoms. The Morgan fingerprint density at radius 2 is 1.02 bits per heavy atom. The van der Waals surface area contributed by atoms with E-state index >= 15 is 0 Å². The molecule has 6 rings (SSSR count). The number of fused-ring (bicyclic) bond motifs is 4. The summed E-state index contributed by atoms with van der Waals surface area (Å²) in [6.07, 6.45) is -9.95. The highest BCUT2D eigenvalue weighted by Gasteiger charge is 2.73. The van der Waals surface area contributed by atoms with Gasteiger partial charge in [0.1, 0.15) is 23.0 Å². The van der Waals surface area contributed by atoms with Crippen molar-refractivity contribution < 1.29 is 74.8 Å². The predicted molar refractivity (Wildman–Crippen MR) is 177 cm³/mol. The highest BCUT2D eigenvalue weighted by atomic mass is 19.4. The summed E-state index contributed by atoms with van der Waals surface area (Å²) in [5.74, 6) is -10.9. The molecular formula is C36H30F6N4O10. The van der Waals surface area contributed by atoms with Gasteiger partial charge in [-0.15, -0.1) is 0 Å². The van der Waals surface area contributed by atoms with Crippen LogP contribution in [0.5, 0.6) is 0 Å². The van der Waals surface area contributed by atoms with E-state index in [4.69, 9.17) is 22.6 Å². The van der Waals surface area contributed by atoms with Crippen molar-refractivity contribution in [3.8, 4) is 0 Å². The molecule has 0 spiro atoms. The van der Waals surface area contributed by atoms with Gasteiger partial charge in [0.2, 0.25) is 11.8 Å². The van der Waals surface area contributed by atoms with Crippen molar-refractivity contribution in [3.63, 3.8) is 0 Å². The molecule has 14 nitrogen and oxygen atoms in total. The maximum Gasteiger partial charge on any atom is 0.407 e. The third-order valence-corrected chi connectivity index (χ3v) is 10.7. The van der Waals surface area contributed by atoms with Crippen molar-refractivity contribution in [1.82, 2.24) is 0 Å². The molecule has 4 aliphatic rings. The molecule has 0 radical (unpaired) electrons. The van der Waals surface area contributed by atoms with Gasteiger partial charge in [0, 0.05) is 24.2 Å². The normalized spacial score (nSPS) is 31.5. The number of halogens is 6. The molecule has 2 aromatic carbocycles. The van der Waals surface area contributed by atoms with Crippen LogP contribution in [0.2, 0.25) is 0 Å². The number of nitrogens with one attached hydrogen (secondary N) is 2. The molecule has 8 unspecified atom stereocenters. The zero-order chi connectivity index (χ0) is 42.1. The van der Waals surface area contributed by atoms with Gasteiger partial charge in [-0.2, -0.15) is 26.3 Å². The fourth-order valence-corrected chi connectivity index (χ4v) is 8.23. The van der Waals surface area contributed by atoms with Gasteiger partial charge in [0.15, 0.2) is 22.9 Å². The van der Waals surface area contributed by atoms with Crippen LogP contribution in [-0.4, -0.2) is 67.9 Å². The fraction of sp³-hybridized carbons (Fsp3) is 0.444. The standard InChI is InChI=1S/2C18H15F3N2O5/c1-16-7-11(24)17(2,28-16)12(13(16)15(26)27)14(25)23-8-4-5-10(22-3)9(6-8)18(19,20)21;1-16-7-11(24)17(2,28-16)13(15(26)27)12(16)14(25)23-8-4-5-10(22-3)9(6-8)18(19,20)21/h2*4-6,12-13H,7H2,1-2H3,(H,23,25)(H,26,27). The number of carboxylic acids is 2. The Hall–Kier alpha value is -5.86. The highest BCUT2D eigenvalue weighted by Crippen LogP contribution is 2.57. The maximum atomic E-state index is 13.1. The number of carbonyl (C=O) groups is 6. The number of amides is 2. The van der Waals surface area contributed by atoms with E-state index in [9.17, 15) is 65.3 Å². The van der Waals surface area contributed by atoms with Gasteiger partial charge in [0.05, 0.1) is 47.3 Å². The van der Waals surface area contributed by atoms with Crippen LogP contribution in [0.25, 0.3) is 9.69 Å². The molecule has 4 aliphatic heterocycles. The molecule has 2 amide bonds. The lowest BCUT2D eigenvalue weighted by atomic mass is 9.66. The van der Waals surface area contributed by atoms with Crippen molar-refractivity contribution in [2.75, 3.05) is 10.6 Å². The molecule has 0 aromatic heterocycles. The first-order valence-electron chi connectivity index (χ1n) is 16.4. The lowest BCUT2D eigenvalue weighted by Crippen LogP contribution is -2.52. The summed E-state index contributed by atoms with van der Waals surface area (Å²) in [7, 11) is 0. The first kappa shape index (κ1) is 41.3. The lowest BCUT2D eigenvalue weighted by Gasteiger charge is -2.32. The van der Waals surface area contributed by atoms with E-state index in [1.165, 1.54) is 27.7 Å². The largest absolute Gasteiger partial charge is 0.481 e. The van der Waals surface area contributed by atoms with Crippen molar-refractivity contribution in [3.05, 3.63) is 70.4 Å². The number of anilines is 2. The summed E-state index contributed by atoms with van der Waals surface area (Å²) < 4.78 is 89.9. The van der Waals surface area contributed by atoms with Gasteiger partial charge in [-0.25, -0.2) is 9.69 Å². The quantitative estimate of drug-likeness (QED) is 0.197. The fourth-order valence-electron chi connectivity index (χ4n) is 8.23. The number of hydrogen-bond donors (Lipinski definition) is 4. The van der Waals surface area contributed by atoms with Gasteiger partial charge in [-0.1, -0.05) is 12.1 Å². The summed E-state index contributed by atoms with van der Waals surface area (Å²) in [5.41, 5.74) is -10.3. The van der Waals surface area contributed by atoms with Gasteiger partial charge < -0.3 is 30.3 Å². The van der Waals surface area contributed by atoms with Crippen molar-refractivity contribution in [2.45, 2.75) is 75.3 Å². The number of alkyl halides is 6. The summed E-state index contributed by atoms with van der Waals surface area (Å²) in [4.78, 5) is 79.1. The van der Waals surface area contributed by atoms with Crippen LogP contribution >= 0.6 is 0 Å². The maximum absolute atomic E-state index is 13.1. The Balaban J connectivity index is 0.000000214. The van der Waals surface area contributed by atoms with Crippen LogP contribution in [0.4, 0.5) is 49.1 Å². The molecule has 296 valence electrons. The number of carboxylic acid groups (broad SMARTS) is 2. The Morgan fingerprint density at radius 3 is 1.38 bits per heavy atom. The van der Waals surface area contributed by atoms with Crippen LogP contribution < -0.4 is 10.6 Å². The number of ketones is 2. The van der Waals surface area contributed by atoms with Crippen LogP contribution in [0, 0.1) is 36.8 Å². The smallest absolute Gasteiger partial charge is 0.407 e. The number of carbonyl (C=O) groups excluding carboxylic acids is 4. The molecule has 4 N–H and O–H groups in total. The molecule has 4 fully saturated rings. The highest BCUT2D eigenvalue weighted by molar-refractivity contribution is 6.06. The third kappa shape index (κ3) is 6.72. The SMILES string of the molecule is [C-]#[N+]c1ccc(NC(=O)C2C(C(=O)O)C3(C)CC(=O)C2(C)O3)cc1C(F)(F)F.[C-]#[N+]c1ccc(NC(=O)C2C(C(=O)O)C3(C)OC2(C)CC3=O)cc1C(F)(F)F. The Morgan fingerprint density at radius 1 is 0.661 bits per heavy atom. The van der Waals surface area contributed by atoms with E-state index in [0.29, 0.717) is 12.1 Å². The monoisotopic (exact) mass is 792 g/mol. The van der Waals surface area contributed by atoms with Crippen LogP contribution in [-0.2, 0) is 50.6 Å². The number of benzene rings is 2. The first-order valence-corrected chi connectivity index (χ1v) is 16.4. The zero-order valence-corrected chi connectivity index (χ0v) is 29.5. The predicted octanol–water partition coefficient (Wildman–Crippen LogP) is 6.06. The average Bonchev–Trinajstić information content (AvgIpc) is 3.66. The van der Waals surface area contributed by atoms with E-state index in [2.05, 4.69) is 20.3 Å². The second kappa shape index (κ2) is 13.4. The number of ether oxygens (including phenoxy) is 2. The van der Waals surface area contributed by atoms with E-state index in [-0.39, 0.29) is 24.2 Å². The van der Waals surface area contributed by atoms with Crippen LogP contribution in [0.1, 0.15) is 51.7 Å². The van der Waals surface area contributed by atoms with E-state index < -0.39 is 116 Å². The Kier molecular flexibility index (Phi) is 9.89. The number of rotatable bonds is 6. The Labute approximate surface area is 312 Å². The van der Waals surface area contributed by atoms with Gasteiger partial charge in [0.25, 0.3) is 0 Å². The second-order valence-electron chi connectivity index (χ2n) is 14.5. The molecule has 0 aliphatic carbocycles. The summed E-state index contributed by atoms with van der Waals surface area (Å²) in [5, 5.41) is 23.6. The minimum Gasteiger partial charge on any atom is -0.481 e. The lowest BCUT2D eigenvalue weighted by molar-refractivity contribution is -0.154. The van der Waals surface area contributed by atoms with Crippen LogP contribution in [0.3, 0.4) is 0 Å². The van der Waals surface area contributed by atoms with E-state index in [1.54, 1.807) is 0 Å². The summed E-state index contributed by atoms with van der Waals surface area (Å²) in [6.45, 7) is 19.1. The number of hydrogen-bond acceptors (Lipinski definition) is 8. The van der Waals surface area contributed by atoms with Crippen LogP contribution in [0.15, 0.2) is 36.4 Å².